The monoisotopic (exact) mass is 418 g/mol. The van der Waals surface area contributed by atoms with Crippen LogP contribution in [0.1, 0.15) is 18.1 Å². The van der Waals surface area contributed by atoms with Crippen molar-refractivity contribution >= 4 is 5.69 Å². The van der Waals surface area contributed by atoms with Crippen molar-refractivity contribution in [1.29, 1.82) is 5.26 Å². The van der Waals surface area contributed by atoms with Crippen LogP contribution < -0.4 is 4.90 Å². The topological polar surface area (TPSA) is 62.7 Å². The van der Waals surface area contributed by atoms with Crippen molar-refractivity contribution in [2.75, 3.05) is 18.0 Å². The highest BCUT2D eigenvalue weighted by atomic mass is 15.3. The lowest BCUT2D eigenvalue weighted by molar-refractivity contribution is 0.689. The second kappa shape index (κ2) is 6.33. The van der Waals surface area contributed by atoms with Crippen LogP contribution in [0.5, 0.6) is 0 Å². The van der Waals surface area contributed by atoms with E-state index in [1.165, 1.54) is 24.3 Å². The lowest BCUT2D eigenvalue weighted by Gasteiger charge is -2.23. The van der Waals surface area contributed by atoms with E-state index >= 15 is 0 Å². The van der Waals surface area contributed by atoms with Gasteiger partial charge in [0, 0.05) is 37.1 Å². The lowest BCUT2D eigenvalue weighted by Crippen LogP contribution is -2.23. The first kappa shape index (κ1) is 17.8. The average molecular weight is 419 g/mol. The highest BCUT2D eigenvalue weighted by molar-refractivity contribution is 5.72. The van der Waals surface area contributed by atoms with Gasteiger partial charge in [0.25, 0.3) is 0 Å². The number of nitrogens with zero attached hydrogens (tertiary/aromatic N) is 6. The van der Waals surface area contributed by atoms with Gasteiger partial charge in [-0.25, -0.2) is 0 Å². The summed E-state index contributed by atoms with van der Waals surface area (Å²) >= 11 is 0. The smallest absolute Gasteiger partial charge is 0.185 e. The zero-order chi connectivity index (χ0) is 21.4. The Kier molecular flexibility index (Phi) is 3.52. The third-order valence-corrected chi connectivity index (χ3v) is 7.67. The van der Waals surface area contributed by atoms with Crippen LogP contribution in [0.4, 0.5) is 5.69 Å². The highest BCUT2D eigenvalue weighted by Crippen LogP contribution is 2.52. The fourth-order valence-electron chi connectivity index (χ4n) is 5.66. The molecule has 6 nitrogen and oxygen atoms in total. The number of rotatable bonds is 2. The molecule has 1 saturated carbocycles. The Balaban J connectivity index is 1.30. The molecule has 1 unspecified atom stereocenters. The summed E-state index contributed by atoms with van der Waals surface area (Å²) in [5, 5.41) is 17.8. The molecule has 0 N–H and O–H groups in total. The Bertz CT molecular complexity index is 1390. The number of nitriles is 1. The predicted octanol–water partition coefficient (Wildman–Crippen LogP) is 4.34. The molecule has 6 heteroatoms. The fourth-order valence-corrected chi connectivity index (χ4v) is 5.66. The van der Waals surface area contributed by atoms with E-state index < -0.39 is 0 Å². The standard InChI is InChI=1S/C26H22N6/c1-16-22-13-30(14-23(16)22)21-6-7-24-20(8-21)12-31-11-19(18-4-2-17(10-27)3-5-18)9-25(31)26-29-28-15-32(24)26/h2-9,11,15-16,22-23H,12-14H2,1H3/t16?,22-,23+. The van der Waals surface area contributed by atoms with Crippen molar-refractivity contribution in [2.24, 2.45) is 17.8 Å². The summed E-state index contributed by atoms with van der Waals surface area (Å²) in [7, 11) is 0. The van der Waals surface area contributed by atoms with E-state index in [1.807, 2.05) is 30.6 Å². The lowest BCUT2D eigenvalue weighted by atomic mass is 10.1. The van der Waals surface area contributed by atoms with E-state index in [-0.39, 0.29) is 0 Å². The normalized spacial score (nSPS) is 22.4. The van der Waals surface area contributed by atoms with Crippen LogP contribution in [0.2, 0.25) is 0 Å². The quantitative estimate of drug-likeness (QED) is 0.428. The first-order chi connectivity index (χ1) is 15.7. The molecule has 32 heavy (non-hydrogen) atoms. The van der Waals surface area contributed by atoms with E-state index in [9.17, 15) is 0 Å². The van der Waals surface area contributed by atoms with Gasteiger partial charge in [-0.05, 0) is 65.3 Å². The largest absolute Gasteiger partial charge is 0.371 e. The number of fused-ring (bicyclic) bond motifs is 6. The summed E-state index contributed by atoms with van der Waals surface area (Å²) in [6.07, 6.45) is 3.99. The Morgan fingerprint density at radius 2 is 1.81 bits per heavy atom. The van der Waals surface area contributed by atoms with E-state index in [0.717, 1.165) is 52.6 Å². The highest BCUT2D eigenvalue weighted by Gasteiger charge is 2.52. The molecule has 4 aromatic rings. The number of piperidine rings is 1. The second-order valence-electron chi connectivity index (χ2n) is 9.36. The van der Waals surface area contributed by atoms with Crippen molar-refractivity contribution < 1.29 is 0 Å². The van der Waals surface area contributed by atoms with E-state index in [1.54, 1.807) is 0 Å². The summed E-state index contributed by atoms with van der Waals surface area (Å²) in [5.74, 6) is 3.51. The average Bonchev–Trinajstić information content (AvgIpc) is 3.32. The Labute approximate surface area is 186 Å². The molecule has 2 aromatic carbocycles. The van der Waals surface area contributed by atoms with Crippen LogP contribution in [-0.4, -0.2) is 32.4 Å². The van der Waals surface area contributed by atoms with Gasteiger partial charge in [0.15, 0.2) is 5.82 Å². The second-order valence-corrected chi connectivity index (χ2v) is 9.36. The maximum Gasteiger partial charge on any atom is 0.185 e. The molecule has 0 radical (unpaired) electrons. The molecule has 7 rings (SSSR count). The fraction of sp³-hybridized carbons (Fsp3) is 0.269. The van der Waals surface area contributed by atoms with Gasteiger partial charge in [-0.15, -0.1) is 10.2 Å². The van der Waals surface area contributed by atoms with E-state index in [0.29, 0.717) is 5.56 Å². The Morgan fingerprint density at radius 1 is 1.00 bits per heavy atom. The molecule has 2 aliphatic heterocycles. The van der Waals surface area contributed by atoms with Crippen LogP contribution >= 0.6 is 0 Å². The van der Waals surface area contributed by atoms with Gasteiger partial charge in [0.1, 0.15) is 6.33 Å². The SMILES string of the molecule is CC1[C@H]2CN(c3ccc4c(c3)Cn3cc(-c5ccc(C#N)cc5)cc3-c3nncn3-4)C[C@@H]12. The minimum absolute atomic E-state index is 0.671. The van der Waals surface area contributed by atoms with E-state index in [2.05, 4.69) is 67.7 Å². The number of aromatic nitrogens is 4. The van der Waals surface area contributed by atoms with Gasteiger partial charge in [-0.3, -0.25) is 4.57 Å². The van der Waals surface area contributed by atoms with Gasteiger partial charge < -0.3 is 9.47 Å². The van der Waals surface area contributed by atoms with Crippen molar-refractivity contribution in [3.05, 3.63) is 72.2 Å². The van der Waals surface area contributed by atoms with Crippen LogP contribution in [0.3, 0.4) is 0 Å². The summed E-state index contributed by atoms with van der Waals surface area (Å²) in [6, 6.07) is 18.9. The van der Waals surface area contributed by atoms with Crippen LogP contribution in [0, 0.1) is 29.1 Å². The van der Waals surface area contributed by atoms with E-state index in [4.69, 9.17) is 5.26 Å². The molecule has 2 aromatic heterocycles. The minimum atomic E-state index is 0.671. The number of benzene rings is 2. The first-order valence-electron chi connectivity index (χ1n) is 11.2. The molecular weight excluding hydrogens is 396 g/mol. The van der Waals surface area contributed by atoms with Crippen LogP contribution in [0.15, 0.2) is 61.1 Å². The summed E-state index contributed by atoms with van der Waals surface area (Å²) in [4.78, 5) is 2.55. The van der Waals surface area contributed by atoms with Gasteiger partial charge in [0.2, 0.25) is 0 Å². The third kappa shape index (κ3) is 2.51. The maximum absolute atomic E-state index is 9.10. The van der Waals surface area contributed by atoms with Crippen molar-refractivity contribution in [3.63, 3.8) is 0 Å². The van der Waals surface area contributed by atoms with Gasteiger partial charge in [-0.2, -0.15) is 5.26 Å². The molecular formula is C26H22N6. The summed E-state index contributed by atoms with van der Waals surface area (Å²) in [5.41, 5.74) is 7.68. The molecule has 0 bridgehead atoms. The van der Waals surface area contributed by atoms with Crippen LogP contribution in [-0.2, 0) is 6.54 Å². The zero-order valence-corrected chi connectivity index (χ0v) is 17.8. The molecule has 3 atom stereocenters. The molecule has 0 amide bonds. The van der Waals surface area contributed by atoms with Gasteiger partial charge >= 0.3 is 0 Å². The Morgan fingerprint density at radius 3 is 2.59 bits per heavy atom. The third-order valence-electron chi connectivity index (χ3n) is 7.67. The number of anilines is 1. The van der Waals surface area contributed by atoms with Crippen molar-refractivity contribution in [2.45, 2.75) is 13.5 Å². The molecule has 1 saturated heterocycles. The predicted molar refractivity (Wildman–Crippen MR) is 122 cm³/mol. The van der Waals surface area contributed by atoms with Crippen LogP contribution in [0.25, 0.3) is 28.3 Å². The first-order valence-corrected chi connectivity index (χ1v) is 11.2. The van der Waals surface area contributed by atoms with Gasteiger partial charge in [0.05, 0.1) is 23.0 Å². The molecule has 3 aliphatic rings. The molecule has 4 heterocycles. The summed E-state index contributed by atoms with van der Waals surface area (Å²) < 4.78 is 4.37. The zero-order valence-electron chi connectivity index (χ0n) is 17.8. The van der Waals surface area contributed by atoms with Gasteiger partial charge in [-0.1, -0.05) is 19.1 Å². The maximum atomic E-state index is 9.10. The molecule has 0 spiro atoms. The number of hydrogen-bond donors (Lipinski definition) is 0. The van der Waals surface area contributed by atoms with Crippen molar-refractivity contribution in [3.8, 4) is 34.4 Å². The minimum Gasteiger partial charge on any atom is -0.371 e. The summed E-state index contributed by atoms with van der Waals surface area (Å²) in [6.45, 7) is 5.53. The molecule has 2 fully saturated rings. The molecule has 156 valence electrons. The Hall–Kier alpha value is -3.85. The molecule has 1 aliphatic carbocycles. The number of hydrogen-bond acceptors (Lipinski definition) is 4. The van der Waals surface area contributed by atoms with Crippen molar-refractivity contribution in [1.82, 2.24) is 19.3 Å².